The van der Waals surface area contributed by atoms with E-state index >= 15 is 0 Å². The summed E-state index contributed by atoms with van der Waals surface area (Å²) in [5, 5.41) is 4.72. The summed E-state index contributed by atoms with van der Waals surface area (Å²) in [7, 11) is 0. The van der Waals surface area contributed by atoms with Crippen LogP contribution in [0.2, 0.25) is 10.0 Å². The quantitative estimate of drug-likeness (QED) is 0.781. The highest BCUT2D eigenvalue weighted by Crippen LogP contribution is 2.24. The second-order valence-electron chi connectivity index (χ2n) is 6.24. The predicted octanol–water partition coefficient (Wildman–Crippen LogP) is 5.46. The molecule has 22 heavy (non-hydrogen) atoms. The minimum atomic E-state index is 0.0621. The lowest BCUT2D eigenvalue weighted by molar-refractivity contribution is 0.300. The van der Waals surface area contributed by atoms with Crippen LogP contribution >= 0.6 is 23.2 Å². The highest BCUT2D eigenvalue weighted by atomic mass is 35.5. The lowest BCUT2D eigenvalue weighted by Gasteiger charge is -2.21. The van der Waals surface area contributed by atoms with E-state index < -0.39 is 0 Å². The Morgan fingerprint density at radius 2 is 1.73 bits per heavy atom. The molecule has 0 aliphatic carbocycles. The molecule has 0 fully saturated rings. The first kappa shape index (κ1) is 17.1. The Balaban J connectivity index is 2.06. The molecule has 0 atom stereocenters. The van der Waals surface area contributed by atoms with E-state index in [4.69, 9.17) is 27.9 Å². The molecule has 0 aliphatic heterocycles. The zero-order valence-corrected chi connectivity index (χ0v) is 14.6. The Hall–Kier alpha value is -1.22. The van der Waals surface area contributed by atoms with E-state index in [2.05, 4.69) is 32.2 Å². The molecule has 2 rings (SSSR count). The van der Waals surface area contributed by atoms with Gasteiger partial charge in [-0.05, 0) is 39.0 Å². The maximum absolute atomic E-state index is 6.18. The minimum absolute atomic E-state index is 0.0621. The van der Waals surface area contributed by atoms with Crippen LogP contribution in [0, 0.1) is 0 Å². The molecule has 0 aromatic heterocycles. The molecule has 4 heteroatoms. The van der Waals surface area contributed by atoms with E-state index in [1.165, 1.54) is 0 Å². The minimum Gasteiger partial charge on any atom is -0.489 e. The van der Waals surface area contributed by atoms with Crippen LogP contribution in [-0.4, -0.2) is 5.54 Å². The number of para-hydroxylation sites is 1. The van der Waals surface area contributed by atoms with Crippen LogP contribution in [-0.2, 0) is 13.2 Å². The van der Waals surface area contributed by atoms with Crippen LogP contribution in [0.25, 0.3) is 0 Å². The first-order chi connectivity index (χ1) is 10.3. The summed E-state index contributed by atoms with van der Waals surface area (Å²) in [5.74, 6) is 0.866. The molecule has 0 saturated heterocycles. The molecule has 0 bridgehead atoms. The van der Waals surface area contributed by atoms with Crippen LogP contribution in [0.1, 0.15) is 31.9 Å². The summed E-state index contributed by atoms with van der Waals surface area (Å²) in [5.41, 5.74) is 2.11. The zero-order chi connectivity index (χ0) is 16.2. The SMILES string of the molecule is CC(C)(C)NCc1ccccc1OCc1ccc(Cl)cc1Cl. The van der Waals surface area contributed by atoms with Gasteiger partial charge in [0.25, 0.3) is 0 Å². The second-order valence-corrected chi connectivity index (χ2v) is 7.08. The van der Waals surface area contributed by atoms with E-state index in [0.717, 1.165) is 23.4 Å². The number of rotatable bonds is 5. The van der Waals surface area contributed by atoms with Crippen molar-refractivity contribution >= 4 is 23.2 Å². The molecule has 2 aromatic rings. The second kappa shape index (κ2) is 7.36. The van der Waals surface area contributed by atoms with Crippen molar-refractivity contribution in [1.82, 2.24) is 5.32 Å². The number of halogens is 2. The highest BCUT2D eigenvalue weighted by Gasteiger charge is 2.11. The molecule has 118 valence electrons. The van der Waals surface area contributed by atoms with Gasteiger partial charge in [0.2, 0.25) is 0 Å². The van der Waals surface area contributed by atoms with Crippen molar-refractivity contribution in [2.75, 3.05) is 0 Å². The van der Waals surface area contributed by atoms with Gasteiger partial charge in [-0.2, -0.15) is 0 Å². The topological polar surface area (TPSA) is 21.3 Å². The number of nitrogens with one attached hydrogen (secondary N) is 1. The fourth-order valence-electron chi connectivity index (χ4n) is 1.95. The Morgan fingerprint density at radius 1 is 1.00 bits per heavy atom. The Morgan fingerprint density at radius 3 is 2.41 bits per heavy atom. The number of hydrogen-bond acceptors (Lipinski definition) is 2. The monoisotopic (exact) mass is 337 g/mol. The molecule has 0 radical (unpaired) electrons. The molecule has 2 aromatic carbocycles. The van der Waals surface area contributed by atoms with Gasteiger partial charge in [-0.15, -0.1) is 0 Å². The lowest BCUT2D eigenvalue weighted by Crippen LogP contribution is -2.35. The van der Waals surface area contributed by atoms with Gasteiger partial charge in [-0.25, -0.2) is 0 Å². The Bertz CT molecular complexity index is 635. The van der Waals surface area contributed by atoms with Gasteiger partial charge in [-0.1, -0.05) is 47.5 Å². The van der Waals surface area contributed by atoms with Gasteiger partial charge < -0.3 is 10.1 Å². The summed E-state index contributed by atoms with van der Waals surface area (Å²) in [4.78, 5) is 0. The van der Waals surface area contributed by atoms with Crippen molar-refractivity contribution in [1.29, 1.82) is 0 Å². The van der Waals surface area contributed by atoms with Crippen LogP contribution in [0.3, 0.4) is 0 Å². The first-order valence-corrected chi connectivity index (χ1v) is 8.00. The first-order valence-electron chi connectivity index (χ1n) is 7.25. The molecular weight excluding hydrogens is 317 g/mol. The molecule has 0 amide bonds. The molecule has 0 heterocycles. The predicted molar refractivity (Wildman–Crippen MR) is 93.8 cm³/mol. The van der Waals surface area contributed by atoms with E-state index in [1.54, 1.807) is 6.07 Å². The average Bonchev–Trinajstić information content (AvgIpc) is 2.44. The normalized spacial score (nSPS) is 11.5. The summed E-state index contributed by atoms with van der Waals surface area (Å²) >= 11 is 12.1. The smallest absolute Gasteiger partial charge is 0.124 e. The third kappa shape index (κ3) is 5.20. The lowest BCUT2D eigenvalue weighted by atomic mass is 10.1. The Labute approximate surface area is 142 Å². The molecule has 0 unspecified atom stereocenters. The number of hydrogen-bond donors (Lipinski definition) is 1. The van der Waals surface area contributed by atoms with Crippen molar-refractivity contribution < 1.29 is 4.74 Å². The highest BCUT2D eigenvalue weighted by molar-refractivity contribution is 6.35. The Kier molecular flexibility index (Phi) is 5.74. The van der Waals surface area contributed by atoms with Gasteiger partial charge in [0, 0.05) is 33.3 Å². The molecule has 0 spiro atoms. The van der Waals surface area contributed by atoms with Gasteiger partial charge in [0.1, 0.15) is 12.4 Å². The maximum atomic E-state index is 6.18. The fraction of sp³-hybridized carbons (Fsp3) is 0.333. The van der Waals surface area contributed by atoms with E-state index in [9.17, 15) is 0 Å². The zero-order valence-electron chi connectivity index (χ0n) is 13.1. The van der Waals surface area contributed by atoms with Crippen LogP contribution < -0.4 is 10.1 Å². The maximum Gasteiger partial charge on any atom is 0.124 e. The molecule has 0 aliphatic rings. The van der Waals surface area contributed by atoms with Gasteiger partial charge in [0.05, 0.1) is 0 Å². The fourth-order valence-corrected chi connectivity index (χ4v) is 2.41. The van der Waals surface area contributed by atoms with Crippen LogP contribution in [0.15, 0.2) is 42.5 Å². The molecule has 2 nitrogen and oxygen atoms in total. The number of ether oxygens (including phenoxy) is 1. The van der Waals surface area contributed by atoms with E-state index in [1.807, 2.05) is 30.3 Å². The van der Waals surface area contributed by atoms with E-state index in [-0.39, 0.29) is 5.54 Å². The van der Waals surface area contributed by atoms with Gasteiger partial charge >= 0.3 is 0 Å². The van der Waals surface area contributed by atoms with Crippen molar-refractivity contribution in [2.24, 2.45) is 0 Å². The van der Waals surface area contributed by atoms with Crippen molar-refractivity contribution in [3.05, 3.63) is 63.6 Å². The third-order valence-corrected chi connectivity index (χ3v) is 3.77. The van der Waals surface area contributed by atoms with Crippen LogP contribution in [0.5, 0.6) is 5.75 Å². The van der Waals surface area contributed by atoms with Gasteiger partial charge in [-0.3, -0.25) is 0 Å². The van der Waals surface area contributed by atoms with Gasteiger partial charge in [0.15, 0.2) is 0 Å². The van der Waals surface area contributed by atoms with Crippen molar-refractivity contribution in [3.8, 4) is 5.75 Å². The van der Waals surface area contributed by atoms with Crippen molar-refractivity contribution in [3.63, 3.8) is 0 Å². The third-order valence-electron chi connectivity index (χ3n) is 3.18. The van der Waals surface area contributed by atoms with Crippen LogP contribution in [0.4, 0.5) is 0 Å². The molecule has 0 saturated carbocycles. The summed E-state index contributed by atoms with van der Waals surface area (Å²) in [6.07, 6.45) is 0. The number of benzene rings is 2. The summed E-state index contributed by atoms with van der Waals surface area (Å²) in [6, 6.07) is 13.5. The molecule has 1 N–H and O–H groups in total. The van der Waals surface area contributed by atoms with E-state index in [0.29, 0.717) is 16.7 Å². The summed E-state index contributed by atoms with van der Waals surface area (Å²) in [6.45, 7) is 7.61. The largest absolute Gasteiger partial charge is 0.489 e. The molecular formula is C18H21Cl2NO. The standard InChI is InChI=1S/C18H21Cl2NO/c1-18(2,3)21-11-13-6-4-5-7-17(13)22-12-14-8-9-15(19)10-16(14)20/h4-10,21H,11-12H2,1-3H3. The average molecular weight is 338 g/mol. The van der Waals surface area contributed by atoms with Crippen molar-refractivity contribution in [2.45, 2.75) is 39.5 Å². The summed E-state index contributed by atoms with van der Waals surface area (Å²) < 4.78 is 5.94.